The van der Waals surface area contributed by atoms with Crippen LogP contribution < -0.4 is 4.90 Å². The molecule has 1 aromatic rings. The van der Waals surface area contributed by atoms with Gasteiger partial charge in [-0.05, 0) is 62.4 Å². The van der Waals surface area contributed by atoms with Crippen LogP contribution in [0.1, 0.15) is 44.6 Å². The Morgan fingerprint density at radius 2 is 2.06 bits per heavy atom. The van der Waals surface area contributed by atoms with Crippen LogP contribution >= 0.6 is 0 Å². The van der Waals surface area contributed by atoms with Crippen LogP contribution in [-0.2, 0) is 20.7 Å². The second-order valence-corrected chi connectivity index (χ2v) is 14.2. The predicted octanol–water partition coefficient (Wildman–Crippen LogP) is 3.68. The summed E-state index contributed by atoms with van der Waals surface area (Å²) in [6, 6.07) is 7.94. The van der Waals surface area contributed by atoms with Crippen LogP contribution in [0.15, 0.2) is 24.3 Å². The smallest absolute Gasteiger partial charge is 0.246 e. The molecular weight excluding hydrogens is 439 g/mol. The summed E-state index contributed by atoms with van der Waals surface area (Å²) < 4.78 is 21.8. The lowest BCUT2D eigenvalue weighted by atomic mass is 9.94. The highest BCUT2D eigenvalue weighted by Crippen LogP contribution is 2.47. The van der Waals surface area contributed by atoms with Crippen LogP contribution in [0.25, 0.3) is 0 Å². The Bertz CT molecular complexity index is 876. The summed E-state index contributed by atoms with van der Waals surface area (Å²) in [5.74, 6) is 0.174. The molecule has 0 saturated carbocycles. The summed E-state index contributed by atoms with van der Waals surface area (Å²) in [7, 11) is -3.05. The standard InChI is InChI=1S/C25H37FN2O4Si/c1-17-21(10-9-18-6-4-7-19(14-18)28-13-11-23(28)30)32-22(25(17)33(2,3)26)15-24(31)27-12-5-8-20(27)16-29/h4,6-7,14,17,20-22,25,29H,5,8-13,15-16H2,1-3H3/t17-,20+,21+,22-,25+/m1/s1. The van der Waals surface area contributed by atoms with Crippen molar-refractivity contribution < 1.29 is 23.5 Å². The molecule has 3 heterocycles. The molecule has 1 N–H and O–H groups in total. The average molecular weight is 477 g/mol. The number of aliphatic hydroxyl groups is 1. The maximum Gasteiger partial charge on any atom is 0.246 e. The molecule has 0 spiro atoms. The van der Waals surface area contributed by atoms with Crippen molar-refractivity contribution >= 4 is 25.9 Å². The van der Waals surface area contributed by atoms with Crippen LogP contribution in [0, 0.1) is 5.92 Å². The van der Waals surface area contributed by atoms with Gasteiger partial charge in [0.15, 0.2) is 0 Å². The minimum atomic E-state index is -3.05. The normalized spacial score (nSPS) is 30.1. The molecule has 5 atom stereocenters. The van der Waals surface area contributed by atoms with Crippen LogP contribution in [0.3, 0.4) is 0 Å². The van der Waals surface area contributed by atoms with Gasteiger partial charge in [0.05, 0.1) is 31.3 Å². The number of rotatable bonds is 8. The number of benzene rings is 1. The van der Waals surface area contributed by atoms with Gasteiger partial charge < -0.3 is 23.8 Å². The maximum absolute atomic E-state index is 15.4. The minimum Gasteiger partial charge on any atom is -0.394 e. The van der Waals surface area contributed by atoms with Crippen molar-refractivity contribution in [2.75, 3.05) is 24.6 Å². The Labute approximate surface area is 197 Å². The summed E-state index contributed by atoms with van der Waals surface area (Å²) in [6.45, 7) is 6.91. The fourth-order valence-corrected chi connectivity index (χ4v) is 8.54. The molecule has 4 rings (SSSR count). The number of aryl methyl sites for hydroxylation is 1. The summed E-state index contributed by atoms with van der Waals surface area (Å²) in [5, 5.41) is 9.58. The van der Waals surface area contributed by atoms with Crippen molar-refractivity contribution in [3.05, 3.63) is 29.8 Å². The van der Waals surface area contributed by atoms with E-state index >= 15 is 4.11 Å². The van der Waals surface area contributed by atoms with Crippen molar-refractivity contribution in [1.82, 2.24) is 4.90 Å². The molecule has 3 aliphatic heterocycles. The maximum atomic E-state index is 15.4. The van der Waals surface area contributed by atoms with Crippen LogP contribution in [-0.4, -0.2) is 68.2 Å². The monoisotopic (exact) mass is 476 g/mol. The minimum absolute atomic E-state index is 0.0227. The van der Waals surface area contributed by atoms with E-state index in [2.05, 4.69) is 19.1 Å². The van der Waals surface area contributed by atoms with Gasteiger partial charge in [-0.15, -0.1) is 0 Å². The quantitative estimate of drug-likeness (QED) is 0.353. The molecule has 33 heavy (non-hydrogen) atoms. The summed E-state index contributed by atoms with van der Waals surface area (Å²) in [4.78, 5) is 28.3. The number of β-lactam (4-membered cyclic amide) rings is 1. The van der Waals surface area contributed by atoms with E-state index in [4.69, 9.17) is 4.74 Å². The van der Waals surface area contributed by atoms with Crippen LogP contribution in [0.5, 0.6) is 0 Å². The number of aliphatic hydroxyl groups excluding tert-OH is 1. The molecule has 0 radical (unpaired) electrons. The van der Waals surface area contributed by atoms with Gasteiger partial charge in [-0.25, -0.2) is 0 Å². The molecule has 0 bridgehead atoms. The molecule has 0 unspecified atom stereocenters. The Balaban J connectivity index is 1.41. The molecule has 3 fully saturated rings. The fraction of sp³-hybridized carbons (Fsp3) is 0.680. The van der Waals surface area contributed by atoms with Crippen LogP contribution in [0.4, 0.5) is 9.80 Å². The summed E-state index contributed by atoms with van der Waals surface area (Å²) in [6.07, 6.45) is 3.55. The van der Waals surface area contributed by atoms with Crippen molar-refractivity contribution in [2.24, 2.45) is 5.92 Å². The molecule has 2 amide bonds. The van der Waals surface area contributed by atoms with E-state index in [9.17, 15) is 14.7 Å². The topological polar surface area (TPSA) is 70.1 Å². The van der Waals surface area contributed by atoms with Gasteiger partial charge in [-0.1, -0.05) is 19.1 Å². The van der Waals surface area contributed by atoms with Gasteiger partial charge in [-0.2, -0.15) is 0 Å². The lowest BCUT2D eigenvalue weighted by Crippen LogP contribution is -2.43. The Kier molecular flexibility index (Phi) is 7.26. The van der Waals surface area contributed by atoms with E-state index in [0.29, 0.717) is 13.0 Å². The number of likely N-dealkylation sites (tertiary alicyclic amines) is 1. The lowest BCUT2D eigenvalue weighted by Gasteiger charge is -2.31. The molecule has 3 aliphatic rings. The average Bonchev–Trinajstić information content (AvgIpc) is 3.35. The second kappa shape index (κ2) is 9.84. The summed E-state index contributed by atoms with van der Waals surface area (Å²) in [5.41, 5.74) is 1.84. The first-order chi connectivity index (χ1) is 15.7. The lowest BCUT2D eigenvalue weighted by molar-refractivity contribution is -0.135. The number of hydrogen-bond acceptors (Lipinski definition) is 4. The van der Waals surface area contributed by atoms with E-state index in [1.165, 1.54) is 0 Å². The first-order valence-electron chi connectivity index (χ1n) is 12.3. The van der Waals surface area contributed by atoms with E-state index in [1.54, 1.807) is 22.9 Å². The van der Waals surface area contributed by atoms with E-state index in [1.807, 2.05) is 12.1 Å². The van der Waals surface area contributed by atoms with Gasteiger partial charge in [-0.3, -0.25) is 9.59 Å². The number of anilines is 1. The van der Waals surface area contributed by atoms with E-state index < -0.39 is 14.5 Å². The molecule has 1 aromatic carbocycles. The zero-order valence-corrected chi connectivity index (χ0v) is 21.0. The van der Waals surface area contributed by atoms with Gasteiger partial charge in [0.1, 0.15) is 0 Å². The Morgan fingerprint density at radius 3 is 2.70 bits per heavy atom. The van der Waals surface area contributed by atoms with E-state index in [0.717, 1.165) is 43.5 Å². The number of amides is 2. The molecule has 0 aromatic heterocycles. The largest absolute Gasteiger partial charge is 0.394 e. The number of hydrogen-bond donors (Lipinski definition) is 1. The van der Waals surface area contributed by atoms with Gasteiger partial charge in [0.25, 0.3) is 0 Å². The highest BCUT2D eigenvalue weighted by atomic mass is 28.4. The SMILES string of the molecule is C[C@H]1[C@H]([Si](C)(C)F)[C@@H](CC(=O)N2CCC[C@H]2CO)O[C@H]1CCc1cccc(N2CCC2=O)c1. The highest BCUT2D eigenvalue weighted by Gasteiger charge is 2.52. The highest BCUT2D eigenvalue weighted by molar-refractivity contribution is 6.72. The first-order valence-corrected chi connectivity index (χ1v) is 15.3. The molecule has 0 aliphatic carbocycles. The van der Waals surface area contributed by atoms with Crippen LogP contribution in [0.2, 0.25) is 18.6 Å². The third kappa shape index (κ3) is 5.17. The molecule has 3 saturated heterocycles. The number of carbonyl (C=O) groups excluding carboxylic acids is 2. The Hall–Kier alpha value is -1.77. The van der Waals surface area contributed by atoms with Crippen molar-refractivity contribution in [3.63, 3.8) is 0 Å². The zero-order chi connectivity index (χ0) is 23.8. The molecule has 8 heteroatoms. The predicted molar refractivity (Wildman–Crippen MR) is 128 cm³/mol. The van der Waals surface area contributed by atoms with Crippen molar-refractivity contribution in [3.8, 4) is 0 Å². The number of nitrogens with zero attached hydrogens (tertiary/aromatic N) is 2. The third-order valence-electron chi connectivity index (χ3n) is 7.77. The number of carbonyl (C=O) groups is 2. The fourth-order valence-electron chi connectivity index (χ4n) is 6.00. The third-order valence-corrected chi connectivity index (χ3v) is 10.3. The molecular formula is C25H37FN2O4Si. The first kappa shape index (κ1) is 24.4. The second-order valence-electron chi connectivity index (χ2n) is 10.4. The van der Waals surface area contributed by atoms with Crippen molar-refractivity contribution in [2.45, 2.75) is 82.3 Å². The number of halogens is 1. The zero-order valence-electron chi connectivity index (χ0n) is 20.0. The van der Waals surface area contributed by atoms with Gasteiger partial charge in [0.2, 0.25) is 20.2 Å². The van der Waals surface area contributed by atoms with Gasteiger partial charge >= 0.3 is 0 Å². The number of ether oxygens (including phenoxy) is 1. The molecule has 6 nitrogen and oxygen atoms in total. The van der Waals surface area contributed by atoms with Crippen molar-refractivity contribution in [1.29, 1.82) is 0 Å². The Morgan fingerprint density at radius 1 is 1.27 bits per heavy atom. The van der Waals surface area contributed by atoms with Gasteiger partial charge in [0, 0.05) is 30.7 Å². The summed E-state index contributed by atoms with van der Waals surface area (Å²) >= 11 is 0. The van der Waals surface area contributed by atoms with E-state index in [-0.39, 0.29) is 48.4 Å². The molecule has 182 valence electrons.